The number of methoxy groups -OCH3 is 1. The largest absolute Gasteiger partial charge is 0.497 e. The Morgan fingerprint density at radius 1 is 1.04 bits per heavy atom. The number of carbonyl (C=O) groups excluding carboxylic acids is 2. The fourth-order valence-corrected chi connectivity index (χ4v) is 2.81. The third kappa shape index (κ3) is 4.09. The minimum atomic E-state index is -0.529. The molecule has 1 aliphatic rings. The van der Waals surface area contributed by atoms with Gasteiger partial charge in [-0.25, -0.2) is 4.79 Å². The lowest BCUT2D eigenvalue weighted by molar-refractivity contribution is -0.119. The van der Waals surface area contributed by atoms with Crippen molar-refractivity contribution in [3.05, 3.63) is 54.6 Å². The summed E-state index contributed by atoms with van der Waals surface area (Å²) in [5, 5.41) is 2.84. The van der Waals surface area contributed by atoms with Crippen molar-refractivity contribution in [2.75, 3.05) is 19.0 Å². The van der Waals surface area contributed by atoms with E-state index in [2.05, 4.69) is 5.32 Å². The Labute approximate surface area is 146 Å². The van der Waals surface area contributed by atoms with Crippen LogP contribution in [0.3, 0.4) is 0 Å². The summed E-state index contributed by atoms with van der Waals surface area (Å²) in [6.45, 7) is 0.506. The Morgan fingerprint density at radius 3 is 2.44 bits per heavy atom. The molecule has 0 unspecified atom stereocenters. The smallest absolute Gasteiger partial charge is 0.415 e. The lowest BCUT2D eigenvalue weighted by Crippen LogP contribution is -2.44. The molecule has 1 aliphatic heterocycles. The Balaban J connectivity index is 1.63. The van der Waals surface area contributed by atoms with E-state index in [9.17, 15) is 9.59 Å². The molecule has 25 heavy (non-hydrogen) atoms. The van der Waals surface area contributed by atoms with Crippen molar-refractivity contribution in [3.63, 3.8) is 0 Å². The molecule has 0 radical (unpaired) electrons. The number of ether oxygens (including phenoxy) is 2. The van der Waals surface area contributed by atoms with E-state index in [4.69, 9.17) is 9.47 Å². The van der Waals surface area contributed by atoms with Gasteiger partial charge in [0, 0.05) is 12.2 Å². The number of hydrogen-bond donors (Lipinski definition) is 1. The molecule has 2 aromatic rings. The molecule has 2 amide bonds. The SMILES string of the molecule is COc1ccc(NC(=O)[C@@H]2CCCN2C(=O)Oc2ccccc2)cc1. The van der Waals surface area contributed by atoms with Gasteiger partial charge in [-0.15, -0.1) is 0 Å². The standard InChI is InChI=1S/C19H20N2O4/c1-24-15-11-9-14(10-12-15)20-18(22)17-8-5-13-21(17)19(23)25-16-6-3-2-4-7-16/h2-4,6-7,9-12,17H,5,8,13H2,1H3,(H,20,22)/t17-/m0/s1. The quantitative estimate of drug-likeness (QED) is 0.927. The number of rotatable bonds is 4. The topological polar surface area (TPSA) is 67.9 Å². The third-order valence-electron chi connectivity index (χ3n) is 4.10. The van der Waals surface area contributed by atoms with Crippen LogP contribution < -0.4 is 14.8 Å². The molecule has 1 N–H and O–H groups in total. The summed E-state index contributed by atoms with van der Waals surface area (Å²) in [7, 11) is 1.59. The Bertz CT molecular complexity index is 731. The van der Waals surface area contributed by atoms with Gasteiger partial charge in [-0.2, -0.15) is 0 Å². The zero-order valence-corrected chi connectivity index (χ0v) is 14.0. The maximum absolute atomic E-state index is 12.5. The van der Waals surface area contributed by atoms with Crippen LogP contribution in [0.5, 0.6) is 11.5 Å². The van der Waals surface area contributed by atoms with Crippen LogP contribution >= 0.6 is 0 Å². The number of para-hydroxylation sites is 1. The van der Waals surface area contributed by atoms with Gasteiger partial charge in [-0.3, -0.25) is 9.69 Å². The average molecular weight is 340 g/mol. The summed E-state index contributed by atoms with van der Waals surface area (Å²) in [5.74, 6) is 0.966. The molecule has 0 spiro atoms. The summed E-state index contributed by atoms with van der Waals surface area (Å²) >= 11 is 0. The average Bonchev–Trinajstić information content (AvgIpc) is 3.13. The van der Waals surface area contributed by atoms with Gasteiger partial charge < -0.3 is 14.8 Å². The normalized spacial score (nSPS) is 16.4. The van der Waals surface area contributed by atoms with E-state index in [0.29, 0.717) is 30.2 Å². The fraction of sp³-hybridized carbons (Fsp3) is 0.263. The molecular formula is C19H20N2O4. The van der Waals surface area contributed by atoms with Crippen molar-refractivity contribution >= 4 is 17.7 Å². The van der Waals surface area contributed by atoms with Crippen LogP contribution in [0.2, 0.25) is 0 Å². The van der Waals surface area contributed by atoms with Crippen LogP contribution in [-0.4, -0.2) is 36.6 Å². The number of anilines is 1. The lowest BCUT2D eigenvalue weighted by atomic mass is 10.2. The van der Waals surface area contributed by atoms with Gasteiger partial charge in [0.1, 0.15) is 17.5 Å². The predicted octanol–water partition coefficient (Wildman–Crippen LogP) is 3.30. The highest BCUT2D eigenvalue weighted by molar-refractivity contribution is 5.97. The minimum absolute atomic E-state index is 0.215. The molecule has 2 aromatic carbocycles. The first kappa shape index (κ1) is 16.8. The van der Waals surface area contributed by atoms with E-state index in [-0.39, 0.29) is 5.91 Å². The number of benzene rings is 2. The first-order valence-electron chi connectivity index (χ1n) is 8.16. The molecule has 1 atom stereocenters. The number of amides is 2. The number of carbonyl (C=O) groups is 2. The van der Waals surface area contributed by atoms with Crippen molar-refractivity contribution in [2.24, 2.45) is 0 Å². The van der Waals surface area contributed by atoms with Gasteiger partial charge >= 0.3 is 6.09 Å². The number of nitrogens with zero attached hydrogens (tertiary/aromatic N) is 1. The van der Waals surface area contributed by atoms with Gasteiger partial charge in [-0.1, -0.05) is 18.2 Å². The molecule has 6 nitrogen and oxygen atoms in total. The van der Waals surface area contributed by atoms with Crippen molar-refractivity contribution in [2.45, 2.75) is 18.9 Å². The number of hydrogen-bond acceptors (Lipinski definition) is 4. The zero-order valence-electron chi connectivity index (χ0n) is 14.0. The van der Waals surface area contributed by atoms with Crippen LogP contribution in [0.15, 0.2) is 54.6 Å². The summed E-state index contributed by atoms with van der Waals surface area (Å²) in [6.07, 6.45) is 0.884. The summed E-state index contributed by atoms with van der Waals surface area (Å²) in [5.41, 5.74) is 0.661. The van der Waals surface area contributed by atoms with Crippen LogP contribution in [-0.2, 0) is 4.79 Å². The predicted molar refractivity (Wildman–Crippen MR) is 93.8 cm³/mol. The molecule has 1 saturated heterocycles. The van der Waals surface area contributed by atoms with Crippen molar-refractivity contribution in [3.8, 4) is 11.5 Å². The van der Waals surface area contributed by atoms with Crippen LogP contribution in [0.4, 0.5) is 10.5 Å². The first-order chi connectivity index (χ1) is 12.2. The van der Waals surface area contributed by atoms with Crippen molar-refractivity contribution in [1.82, 2.24) is 4.90 Å². The zero-order chi connectivity index (χ0) is 17.6. The van der Waals surface area contributed by atoms with Gasteiger partial charge in [0.15, 0.2) is 0 Å². The molecular weight excluding hydrogens is 320 g/mol. The van der Waals surface area contributed by atoms with E-state index < -0.39 is 12.1 Å². The van der Waals surface area contributed by atoms with Gasteiger partial charge in [0.05, 0.1) is 7.11 Å². The fourth-order valence-electron chi connectivity index (χ4n) is 2.81. The first-order valence-corrected chi connectivity index (χ1v) is 8.16. The van der Waals surface area contributed by atoms with Crippen molar-refractivity contribution < 1.29 is 19.1 Å². The number of likely N-dealkylation sites (tertiary alicyclic amines) is 1. The molecule has 0 bridgehead atoms. The third-order valence-corrected chi connectivity index (χ3v) is 4.10. The molecule has 1 fully saturated rings. The monoisotopic (exact) mass is 340 g/mol. The molecule has 0 saturated carbocycles. The minimum Gasteiger partial charge on any atom is -0.497 e. The van der Waals surface area contributed by atoms with Crippen LogP contribution in [0, 0.1) is 0 Å². The van der Waals surface area contributed by atoms with Crippen molar-refractivity contribution in [1.29, 1.82) is 0 Å². The van der Waals surface area contributed by atoms with E-state index in [1.165, 1.54) is 4.90 Å². The van der Waals surface area contributed by atoms with E-state index in [0.717, 1.165) is 6.42 Å². The molecule has 0 aliphatic carbocycles. The van der Waals surface area contributed by atoms with Gasteiger partial charge in [0.2, 0.25) is 5.91 Å². The molecule has 0 aromatic heterocycles. The van der Waals surface area contributed by atoms with E-state index >= 15 is 0 Å². The van der Waals surface area contributed by atoms with E-state index in [1.807, 2.05) is 6.07 Å². The Hall–Kier alpha value is -3.02. The maximum Gasteiger partial charge on any atom is 0.415 e. The maximum atomic E-state index is 12.5. The number of nitrogens with one attached hydrogen (secondary N) is 1. The molecule has 3 rings (SSSR count). The Kier molecular flexibility index (Phi) is 5.18. The Morgan fingerprint density at radius 2 is 1.76 bits per heavy atom. The lowest BCUT2D eigenvalue weighted by Gasteiger charge is -2.23. The highest BCUT2D eigenvalue weighted by Gasteiger charge is 2.35. The summed E-state index contributed by atoms with van der Waals surface area (Å²) < 4.78 is 10.4. The van der Waals surface area contributed by atoms with Gasteiger partial charge in [-0.05, 0) is 49.2 Å². The van der Waals surface area contributed by atoms with Crippen LogP contribution in [0.1, 0.15) is 12.8 Å². The second kappa shape index (κ2) is 7.70. The molecule has 1 heterocycles. The summed E-state index contributed by atoms with van der Waals surface area (Å²) in [4.78, 5) is 26.4. The highest BCUT2D eigenvalue weighted by Crippen LogP contribution is 2.22. The highest BCUT2D eigenvalue weighted by atomic mass is 16.6. The second-order valence-electron chi connectivity index (χ2n) is 5.75. The summed E-state index contributed by atoms with van der Waals surface area (Å²) in [6, 6.07) is 15.4. The van der Waals surface area contributed by atoms with Crippen LogP contribution in [0.25, 0.3) is 0 Å². The van der Waals surface area contributed by atoms with Gasteiger partial charge in [0.25, 0.3) is 0 Å². The molecule has 130 valence electrons. The second-order valence-corrected chi connectivity index (χ2v) is 5.75. The molecule has 6 heteroatoms. The van der Waals surface area contributed by atoms with E-state index in [1.54, 1.807) is 55.6 Å².